The lowest BCUT2D eigenvalue weighted by atomic mass is 10.5. The van der Waals surface area contributed by atoms with E-state index in [1.54, 1.807) is 0 Å². The average molecular weight is 337 g/mol. The molecule has 0 aliphatic carbocycles. The molecule has 0 unspecified atom stereocenters. The Bertz CT molecular complexity index is 425. The maximum Gasteiger partial charge on any atom is 0.320 e. The number of carboxylic acid groups (broad SMARTS) is 5. The van der Waals surface area contributed by atoms with E-state index in [1.807, 2.05) is 0 Å². The predicted octanol–water partition coefficient (Wildman–Crippen LogP) is -2.85. The Kier molecular flexibility index (Phi) is 8.17. The lowest BCUT2D eigenvalue weighted by Gasteiger charge is -2.38. The van der Waals surface area contributed by atoms with Gasteiger partial charge in [-0.15, -0.1) is 0 Å². The van der Waals surface area contributed by atoms with Crippen LogP contribution >= 0.6 is 0 Å². The highest BCUT2D eigenvalue weighted by Gasteiger charge is 2.30. The van der Waals surface area contributed by atoms with Gasteiger partial charge in [-0.25, -0.2) is 10.0 Å². The van der Waals surface area contributed by atoms with E-state index in [0.717, 1.165) is 0 Å². The van der Waals surface area contributed by atoms with E-state index in [-0.39, 0.29) is 0 Å². The van der Waals surface area contributed by atoms with Gasteiger partial charge in [0, 0.05) is 0 Å². The van der Waals surface area contributed by atoms with Crippen molar-refractivity contribution in [2.75, 3.05) is 32.7 Å². The Morgan fingerprint density at radius 2 is 0.696 bits per heavy atom. The minimum Gasteiger partial charge on any atom is -0.480 e. The Morgan fingerprint density at radius 3 is 0.870 bits per heavy atom. The molecule has 23 heavy (non-hydrogen) atoms. The quantitative estimate of drug-likeness (QED) is 0.228. The van der Waals surface area contributed by atoms with E-state index in [1.165, 1.54) is 0 Å². The molecule has 0 amide bonds. The highest BCUT2D eigenvalue weighted by atomic mass is 16.4. The maximum atomic E-state index is 10.9. The summed E-state index contributed by atoms with van der Waals surface area (Å²) in [5.41, 5.74) is 0. The largest absolute Gasteiger partial charge is 0.480 e. The molecule has 0 bridgehead atoms. The second kappa shape index (κ2) is 9.29. The van der Waals surface area contributed by atoms with Crippen molar-refractivity contribution in [1.82, 2.24) is 15.1 Å². The zero-order valence-electron chi connectivity index (χ0n) is 11.7. The Labute approximate surface area is 128 Å². The number of nitrogens with zero attached hydrogens (tertiary/aromatic N) is 3. The smallest absolute Gasteiger partial charge is 0.320 e. The number of hydrogen-bond acceptors (Lipinski definition) is 8. The maximum absolute atomic E-state index is 10.9. The molecule has 0 saturated carbocycles. The standard InChI is InChI=1S/C10H15N3O10/c14-6(15)1-11(2-7(16)17)13(5-10(22)23)12(3-8(18)19)4-9(20)21/h1-5H2,(H,14,15)(H,16,17)(H,18,19)(H,20,21)(H,22,23). The van der Waals surface area contributed by atoms with Crippen LogP contribution < -0.4 is 0 Å². The molecule has 0 atom stereocenters. The summed E-state index contributed by atoms with van der Waals surface area (Å²) in [6.45, 7) is -4.93. The number of hydrazine groups is 2. The Morgan fingerprint density at radius 1 is 0.478 bits per heavy atom. The molecule has 0 aliphatic heterocycles. The fourth-order valence-corrected chi connectivity index (χ4v) is 1.56. The predicted molar refractivity (Wildman–Crippen MR) is 68.0 cm³/mol. The molecule has 13 nitrogen and oxygen atoms in total. The summed E-state index contributed by atoms with van der Waals surface area (Å²) in [6.07, 6.45) is 0. The van der Waals surface area contributed by atoms with E-state index in [0.29, 0.717) is 15.1 Å². The summed E-state index contributed by atoms with van der Waals surface area (Å²) in [5, 5.41) is 45.4. The highest BCUT2D eigenvalue weighted by molar-refractivity contribution is 5.74. The lowest BCUT2D eigenvalue weighted by molar-refractivity contribution is -0.208. The van der Waals surface area contributed by atoms with Gasteiger partial charge in [0.25, 0.3) is 0 Å². The van der Waals surface area contributed by atoms with Crippen LogP contribution in [0.3, 0.4) is 0 Å². The number of carbonyl (C=O) groups is 5. The van der Waals surface area contributed by atoms with Gasteiger partial charge in [0.2, 0.25) is 0 Å². The molecule has 0 rings (SSSR count). The van der Waals surface area contributed by atoms with E-state index in [2.05, 4.69) is 0 Å². The monoisotopic (exact) mass is 337 g/mol. The minimum absolute atomic E-state index is 0.465. The summed E-state index contributed by atoms with van der Waals surface area (Å²) >= 11 is 0. The van der Waals surface area contributed by atoms with Crippen LogP contribution in [0.2, 0.25) is 0 Å². The van der Waals surface area contributed by atoms with Crippen LogP contribution in [-0.4, -0.2) is 103 Å². The number of aliphatic carboxylic acids is 5. The van der Waals surface area contributed by atoms with Gasteiger partial charge in [-0.05, 0) is 0 Å². The second-order valence-corrected chi connectivity index (χ2v) is 4.14. The zero-order chi connectivity index (χ0) is 18.2. The van der Waals surface area contributed by atoms with Gasteiger partial charge in [-0.2, -0.15) is 5.12 Å². The number of hydrogen-bond donors (Lipinski definition) is 5. The molecule has 5 N–H and O–H groups in total. The third kappa shape index (κ3) is 8.97. The van der Waals surface area contributed by atoms with Crippen LogP contribution in [-0.2, 0) is 24.0 Å². The van der Waals surface area contributed by atoms with Crippen molar-refractivity contribution < 1.29 is 49.5 Å². The van der Waals surface area contributed by atoms with Crippen LogP contribution in [0.4, 0.5) is 0 Å². The van der Waals surface area contributed by atoms with Crippen molar-refractivity contribution in [2.45, 2.75) is 0 Å². The van der Waals surface area contributed by atoms with Gasteiger partial charge in [0.1, 0.15) is 32.7 Å². The van der Waals surface area contributed by atoms with Crippen LogP contribution in [0.15, 0.2) is 0 Å². The fourth-order valence-electron chi connectivity index (χ4n) is 1.56. The molecule has 0 heterocycles. The van der Waals surface area contributed by atoms with Crippen LogP contribution in [0.5, 0.6) is 0 Å². The molecule has 0 saturated heterocycles. The fraction of sp³-hybridized carbons (Fsp3) is 0.500. The second-order valence-electron chi connectivity index (χ2n) is 4.14. The number of carboxylic acids is 5. The molecule has 0 radical (unpaired) electrons. The first-order valence-corrected chi connectivity index (χ1v) is 5.89. The summed E-state index contributed by atoms with van der Waals surface area (Å²) < 4.78 is 0. The first kappa shape index (κ1) is 20.2. The summed E-state index contributed by atoms with van der Waals surface area (Å²) in [5.74, 6) is -7.63. The van der Waals surface area contributed by atoms with Gasteiger partial charge >= 0.3 is 29.8 Å². The van der Waals surface area contributed by atoms with Crippen molar-refractivity contribution >= 4 is 29.8 Å². The summed E-state index contributed by atoms with van der Waals surface area (Å²) in [7, 11) is 0. The molecular weight excluding hydrogens is 322 g/mol. The molecule has 0 aromatic carbocycles. The molecule has 0 aromatic heterocycles. The van der Waals surface area contributed by atoms with Gasteiger partial charge in [0.15, 0.2) is 0 Å². The van der Waals surface area contributed by atoms with E-state index in [4.69, 9.17) is 25.5 Å². The van der Waals surface area contributed by atoms with Crippen LogP contribution in [0.25, 0.3) is 0 Å². The van der Waals surface area contributed by atoms with Crippen molar-refractivity contribution in [1.29, 1.82) is 0 Å². The molecule has 0 aromatic rings. The van der Waals surface area contributed by atoms with Gasteiger partial charge in [-0.1, -0.05) is 0 Å². The van der Waals surface area contributed by atoms with E-state index >= 15 is 0 Å². The molecule has 0 fully saturated rings. The SMILES string of the molecule is O=C(O)CN(CC(=O)O)N(CC(=O)O)N(CC(=O)O)CC(=O)O. The highest BCUT2D eigenvalue weighted by Crippen LogP contribution is 2.05. The van der Waals surface area contributed by atoms with Crippen LogP contribution in [0.1, 0.15) is 0 Å². The molecule has 130 valence electrons. The van der Waals surface area contributed by atoms with Crippen molar-refractivity contribution in [2.24, 2.45) is 0 Å². The lowest BCUT2D eigenvalue weighted by Crippen LogP contribution is -2.59. The zero-order valence-corrected chi connectivity index (χ0v) is 11.7. The van der Waals surface area contributed by atoms with E-state index in [9.17, 15) is 24.0 Å². The third-order valence-corrected chi connectivity index (χ3v) is 2.20. The molecular formula is C10H15N3O10. The summed E-state index contributed by atoms with van der Waals surface area (Å²) in [4.78, 5) is 54.0. The topological polar surface area (TPSA) is 196 Å². The van der Waals surface area contributed by atoms with Gasteiger partial charge < -0.3 is 25.5 Å². The Balaban J connectivity index is 5.61. The van der Waals surface area contributed by atoms with E-state index < -0.39 is 62.6 Å². The van der Waals surface area contributed by atoms with Crippen molar-refractivity contribution in [3.05, 3.63) is 0 Å². The first-order valence-electron chi connectivity index (χ1n) is 5.89. The minimum atomic E-state index is -1.55. The summed E-state index contributed by atoms with van der Waals surface area (Å²) in [6, 6.07) is 0. The van der Waals surface area contributed by atoms with Crippen LogP contribution in [0, 0.1) is 0 Å². The number of rotatable bonds is 12. The Hall–Kier alpha value is -2.77. The van der Waals surface area contributed by atoms with Gasteiger partial charge in [0.05, 0.1) is 0 Å². The average Bonchev–Trinajstić information content (AvgIpc) is 2.31. The molecule has 0 aliphatic rings. The van der Waals surface area contributed by atoms with Gasteiger partial charge in [-0.3, -0.25) is 24.0 Å². The molecule has 13 heteroatoms. The van der Waals surface area contributed by atoms with Crippen molar-refractivity contribution in [3.8, 4) is 0 Å². The third-order valence-electron chi connectivity index (χ3n) is 2.20. The van der Waals surface area contributed by atoms with Crippen molar-refractivity contribution in [3.63, 3.8) is 0 Å². The normalized spacial score (nSPS) is 10.9. The first-order chi connectivity index (χ1) is 10.5. The molecule has 0 spiro atoms.